The van der Waals surface area contributed by atoms with Crippen LogP contribution in [0.25, 0.3) is 38.8 Å². The van der Waals surface area contributed by atoms with Gasteiger partial charge in [0, 0.05) is 202 Å². The zero-order chi connectivity index (χ0) is 100.0. The SMILES string of the molecule is CC(C)(C)OC(=O)N1C[C@@H]2CN(c3ccc(B4OC(C)(C)C(C)(C)O4)cn3)C[C@@H]2C1.CC(C)(C)OC(=O)N1C[C@@H]2CN(c3ccc(Br)cn3)C[C@@H]2C1.CC(C)(O)COc1cc(-c2ccc(N3C[C@H]4CN(C(=O)OC(C)(C)C)C[C@H]4C3)nc2)c2c(C#N)cnn2c1.CC(C)(O)COc1cc(-c2ccc(N3C[C@H]4CNC[C@H]4C3)nc2)c2c(C#N)cnn2c1.CC(C)(O)COc1cc(Br)c2c(C#N)cnn2c1.Cl. The van der Waals surface area contributed by atoms with E-state index in [9.17, 15) is 40.2 Å². The summed E-state index contributed by atoms with van der Waals surface area (Å²) in [5.74, 6) is 9.65. The number of aliphatic hydroxyl groups is 3. The molecule has 9 saturated heterocycles. The number of hydrogen-bond acceptors (Lipinski definition) is 29. The van der Waals surface area contributed by atoms with Crippen LogP contribution >= 0.6 is 44.3 Å². The minimum Gasteiger partial charge on any atom is -0.489 e. The lowest BCUT2D eigenvalue weighted by atomic mass is 9.80. The average Bonchev–Trinajstić information content (AvgIpc) is 1.56. The number of carbonyl (C=O) groups is 3. The molecule has 3 amide bonds. The van der Waals surface area contributed by atoms with Gasteiger partial charge in [0.1, 0.15) is 95.4 Å². The first kappa shape index (κ1) is 104. The monoisotopic (exact) mass is 2060 g/mol. The van der Waals surface area contributed by atoms with Crippen molar-refractivity contribution >= 4 is 115 Å². The minimum absolute atomic E-state index is 0. The smallest absolute Gasteiger partial charge is 0.489 e. The normalized spacial score (nSPS) is 21.1. The maximum atomic E-state index is 12.5. The number of aromatic nitrogens is 10. The Labute approximate surface area is 841 Å². The molecule has 8 atom stereocenters. The first-order valence-electron chi connectivity index (χ1n) is 47.3. The number of anilines is 4. The summed E-state index contributed by atoms with van der Waals surface area (Å²) in [6, 6.07) is 28.2. The summed E-state index contributed by atoms with van der Waals surface area (Å²) in [6.45, 7) is 50.0. The molecule has 0 unspecified atom stereocenters. The van der Waals surface area contributed by atoms with Crippen LogP contribution in [-0.2, 0) is 23.5 Å². The molecule has 0 saturated carbocycles. The second kappa shape index (κ2) is 41.7. The summed E-state index contributed by atoms with van der Waals surface area (Å²) in [5.41, 5.74) is 2.86. The fraction of sp³-hybridized carbons (Fsp3) is 0.535. The predicted octanol–water partition coefficient (Wildman–Crippen LogP) is 14.2. The Balaban J connectivity index is 0.000000142. The van der Waals surface area contributed by atoms with Crippen molar-refractivity contribution in [1.29, 1.82) is 15.8 Å². The van der Waals surface area contributed by atoms with Crippen LogP contribution in [0.4, 0.5) is 37.7 Å². The van der Waals surface area contributed by atoms with E-state index < -0.39 is 40.7 Å². The van der Waals surface area contributed by atoms with Crippen LogP contribution in [0.2, 0.25) is 0 Å². The number of hydrogen-bond donors (Lipinski definition) is 4. The van der Waals surface area contributed by atoms with Crippen molar-refractivity contribution in [2.24, 2.45) is 47.3 Å². The van der Waals surface area contributed by atoms with Gasteiger partial charge in [0.25, 0.3) is 0 Å². The number of carbonyl (C=O) groups excluding carboxylic acids is 3. The number of nitriles is 3. The molecule has 10 aromatic heterocycles. The van der Waals surface area contributed by atoms with Crippen molar-refractivity contribution in [2.45, 2.75) is 176 Å². The lowest BCUT2D eigenvalue weighted by molar-refractivity contribution is 0.00578. The highest BCUT2D eigenvalue weighted by Gasteiger charge is 2.53. The Bertz CT molecular complexity index is 6140. The third kappa shape index (κ3) is 25.6. The van der Waals surface area contributed by atoms with Gasteiger partial charge in [-0.1, -0.05) is 6.07 Å². The van der Waals surface area contributed by atoms with Crippen LogP contribution < -0.4 is 44.6 Å². The number of halogens is 3. The van der Waals surface area contributed by atoms with Gasteiger partial charge in [-0.2, -0.15) is 31.1 Å². The zero-order valence-electron chi connectivity index (χ0n) is 83.2. The first-order valence-corrected chi connectivity index (χ1v) is 48.9. The Morgan fingerprint density at radius 2 is 0.721 bits per heavy atom. The van der Waals surface area contributed by atoms with E-state index in [0.717, 1.165) is 157 Å². The second-order valence-corrected chi connectivity index (χ2v) is 45.4. The molecule has 19 rings (SSSR count). The van der Waals surface area contributed by atoms with Crippen molar-refractivity contribution in [3.63, 3.8) is 0 Å². The molecular weight excluding hydrogens is 1940 g/mol. The molecule has 39 heteroatoms. The molecule has 0 bridgehead atoms. The number of ether oxygens (including phenoxy) is 6. The van der Waals surface area contributed by atoms with Gasteiger partial charge in [0.15, 0.2) is 0 Å². The molecular formula is C101H129BBr2ClN21O14. The van der Waals surface area contributed by atoms with Gasteiger partial charge >= 0.3 is 25.4 Å². The molecule has 0 radical (unpaired) electrons. The number of nitrogens with one attached hydrogen (secondary N) is 1. The van der Waals surface area contributed by atoms with Crippen LogP contribution in [0.15, 0.2) is 138 Å². The molecule has 0 spiro atoms. The summed E-state index contributed by atoms with van der Waals surface area (Å²) in [7, 11) is -0.392. The van der Waals surface area contributed by atoms with Crippen LogP contribution in [0, 0.1) is 81.3 Å². The third-order valence-electron chi connectivity index (χ3n) is 26.1. The van der Waals surface area contributed by atoms with E-state index in [1.165, 1.54) is 12.4 Å². The zero-order valence-corrected chi connectivity index (χ0v) is 87.2. The van der Waals surface area contributed by atoms with E-state index in [1.807, 2.05) is 156 Å². The van der Waals surface area contributed by atoms with E-state index in [2.05, 4.69) is 123 Å². The van der Waals surface area contributed by atoms with E-state index in [4.69, 9.17) is 57.9 Å². The topological polar surface area (TPSA) is 395 Å². The molecule has 9 aliphatic rings. The largest absolute Gasteiger partial charge is 0.496 e. The van der Waals surface area contributed by atoms with Gasteiger partial charge in [0.05, 0.1) is 98.4 Å². The maximum absolute atomic E-state index is 12.5. The second-order valence-electron chi connectivity index (χ2n) is 43.6. The van der Waals surface area contributed by atoms with Crippen molar-refractivity contribution in [1.82, 2.24) is 68.8 Å². The van der Waals surface area contributed by atoms with Gasteiger partial charge in [-0.25, -0.2) is 47.9 Å². The number of rotatable bonds is 16. The third-order valence-corrected chi connectivity index (χ3v) is 27.1. The molecule has 0 aromatic carbocycles. The molecule has 35 nitrogen and oxygen atoms in total. The summed E-state index contributed by atoms with van der Waals surface area (Å²) >= 11 is 6.80. The van der Waals surface area contributed by atoms with E-state index in [1.54, 1.807) is 92.1 Å². The lowest BCUT2D eigenvalue weighted by Crippen LogP contribution is -2.41. The molecule has 4 N–H and O–H groups in total. The first-order chi connectivity index (χ1) is 65.4. The van der Waals surface area contributed by atoms with Crippen LogP contribution in [0.1, 0.15) is 148 Å². The molecule has 9 fully saturated rings. The number of likely N-dealkylation sites (tertiary alicyclic amines) is 3. The summed E-state index contributed by atoms with van der Waals surface area (Å²) < 4.78 is 52.5. The minimum atomic E-state index is -0.988. The molecule has 10 aromatic rings. The molecule has 140 heavy (non-hydrogen) atoms. The van der Waals surface area contributed by atoms with Crippen LogP contribution in [0.5, 0.6) is 17.2 Å². The standard InChI is InChI=1S/C28H34N6O4.C23H26N6O2.C22H34BN3O4.C16H22BrN3O2.C12H12BrN3O2.ClH/c1-27(2,3)38-26(35)33-14-20-12-32(13-21(20)15-33)24-7-6-18(10-30-24)23-8-22(37-17-28(4,5)36)16-34-25(23)19(9-29)11-31-34;1-23(2,30)14-31-19-5-20(22-16(6-24)10-27-29(22)13-19)15-3-4-21(26-9-15)28-11-17-7-25-8-18(17)12-28;1-20(2,3)28-19(27)26-13-15-11-25(12-16(15)14-26)18-9-8-17(10-24-18)23-29-21(4,5)22(6,7)30-23;1-16(2,3)22-15(21)20-9-11-7-19(8-12(11)10-20)14-5-4-13(17)6-18-14;1-12(2,17)7-18-9-3-10(13)11-8(4-14)5-15-16(11)6-9;/h6-8,10-11,16,20-21,36H,12-15,17H2,1-5H3;3-5,9-10,13,17-18,25,30H,7-8,11-12,14H2,1-2H3;8-10,15-16H,11-14H2,1-7H3;4-6,11-12H,7-10H2,1-3H3;3,5-6,17H,7H2,1-2H3;1H/t20-,21+;17-,18+;15-,16+;11-,12+;;. The molecule has 746 valence electrons. The van der Waals surface area contributed by atoms with E-state index >= 15 is 0 Å². The van der Waals surface area contributed by atoms with Crippen LogP contribution in [-0.4, -0.2) is 274 Å². The summed E-state index contributed by atoms with van der Waals surface area (Å²) in [5, 5.41) is 74.0. The Hall–Kier alpha value is -11.4. The predicted molar refractivity (Wildman–Crippen MR) is 541 cm³/mol. The van der Waals surface area contributed by atoms with Crippen LogP contribution in [0.3, 0.4) is 0 Å². The van der Waals surface area contributed by atoms with Crippen molar-refractivity contribution in [3.8, 4) is 57.7 Å². The highest BCUT2D eigenvalue weighted by Crippen LogP contribution is 2.43. The van der Waals surface area contributed by atoms with E-state index in [0.29, 0.717) is 105 Å². The summed E-state index contributed by atoms with van der Waals surface area (Å²) in [6.07, 6.45) is 16.4. The summed E-state index contributed by atoms with van der Waals surface area (Å²) in [4.78, 5) is 70.4. The number of nitrogens with zero attached hydrogens (tertiary/aromatic N) is 20. The highest BCUT2D eigenvalue weighted by atomic mass is 79.9. The van der Waals surface area contributed by atoms with Gasteiger partial charge < -0.3 is 92.7 Å². The fourth-order valence-electron chi connectivity index (χ4n) is 18.7. The fourth-order valence-corrected chi connectivity index (χ4v) is 19.5. The molecule has 9 aliphatic heterocycles. The number of amides is 3. The number of fused-ring (bicyclic) bond motifs is 7. The maximum Gasteiger partial charge on any atom is 0.496 e. The average molecular weight is 2070 g/mol. The Morgan fingerprint density at radius 1 is 0.421 bits per heavy atom. The van der Waals surface area contributed by atoms with Gasteiger partial charge in [-0.3, -0.25) is 0 Å². The van der Waals surface area contributed by atoms with Crippen molar-refractivity contribution in [3.05, 3.63) is 154 Å². The van der Waals surface area contributed by atoms with Gasteiger partial charge in [0.2, 0.25) is 0 Å². The van der Waals surface area contributed by atoms with Crippen molar-refractivity contribution in [2.75, 3.05) is 144 Å². The molecule has 19 heterocycles. The number of pyridine rings is 7. The van der Waals surface area contributed by atoms with E-state index in [-0.39, 0.29) is 61.7 Å². The lowest BCUT2D eigenvalue weighted by Gasteiger charge is -2.32. The van der Waals surface area contributed by atoms with Crippen molar-refractivity contribution < 1.29 is 67.4 Å². The Kier molecular flexibility index (Phi) is 31.1. The highest BCUT2D eigenvalue weighted by molar-refractivity contribution is 9.11. The van der Waals surface area contributed by atoms with Gasteiger partial charge in [-0.05, 0) is 236 Å². The Morgan fingerprint density at radius 3 is 1.01 bits per heavy atom. The quantitative estimate of drug-likeness (QED) is 0.0515. The molecule has 0 aliphatic carbocycles. The van der Waals surface area contributed by atoms with Gasteiger partial charge in [-0.15, -0.1) is 12.4 Å².